The zero-order valence-corrected chi connectivity index (χ0v) is 19.6. The van der Waals surface area contributed by atoms with Crippen LogP contribution in [0.15, 0.2) is 66.4 Å². The van der Waals surface area contributed by atoms with Crippen molar-refractivity contribution in [1.82, 2.24) is 9.97 Å². The quantitative estimate of drug-likeness (QED) is 0.236. The van der Waals surface area contributed by atoms with Crippen LogP contribution in [0.25, 0.3) is 33.0 Å². The van der Waals surface area contributed by atoms with Crippen LogP contribution in [0.1, 0.15) is 42.9 Å². The van der Waals surface area contributed by atoms with Crippen LogP contribution in [-0.4, -0.2) is 42.8 Å². The molecule has 8 nitrogen and oxygen atoms in total. The molecule has 2 unspecified atom stereocenters. The van der Waals surface area contributed by atoms with E-state index in [1.165, 1.54) is 12.4 Å². The Morgan fingerprint density at radius 2 is 1.39 bits per heavy atom. The molecule has 0 aliphatic heterocycles. The largest absolute Gasteiger partial charge is 0.504 e. The number of allylic oxidation sites excluding steroid dienone is 2. The molecule has 1 aliphatic rings. The Balaban J connectivity index is 1.59. The van der Waals surface area contributed by atoms with Crippen molar-refractivity contribution < 1.29 is 29.7 Å². The summed E-state index contributed by atoms with van der Waals surface area (Å²) in [5, 5.41) is 32.2. The van der Waals surface area contributed by atoms with E-state index in [2.05, 4.69) is 9.97 Å². The normalized spacial score (nSPS) is 16.3. The van der Waals surface area contributed by atoms with Gasteiger partial charge in [0.05, 0.1) is 11.1 Å². The molecular weight excluding hydrogens is 460 g/mol. The highest BCUT2D eigenvalue weighted by molar-refractivity contribution is 6.48. The lowest BCUT2D eigenvalue weighted by atomic mass is 9.84. The fourth-order valence-electron chi connectivity index (χ4n) is 4.87. The maximum Gasteiger partial charge on any atom is 0.303 e. The zero-order valence-electron chi connectivity index (χ0n) is 19.6. The SMILES string of the molecule is CC(CC(=O)O)C(C)c1ccc2[nH]cc(C3=C(O)C(=O)C(c4c[nH]c5ccccc45)=C(O)C3=O)c2c1. The number of nitrogens with one attached hydrogen (secondary N) is 2. The molecule has 0 saturated heterocycles. The second kappa shape index (κ2) is 8.57. The molecule has 2 aromatic heterocycles. The number of carboxylic acids is 1. The summed E-state index contributed by atoms with van der Waals surface area (Å²) in [6.07, 6.45) is 3.05. The number of H-pyrrole nitrogens is 2. The number of para-hydroxylation sites is 1. The summed E-state index contributed by atoms with van der Waals surface area (Å²) in [6.45, 7) is 3.78. The van der Waals surface area contributed by atoms with Crippen molar-refractivity contribution >= 4 is 50.5 Å². The summed E-state index contributed by atoms with van der Waals surface area (Å²) in [4.78, 5) is 43.8. The van der Waals surface area contributed by atoms with E-state index < -0.39 is 29.1 Å². The van der Waals surface area contributed by atoms with Gasteiger partial charge in [0.1, 0.15) is 0 Å². The Morgan fingerprint density at radius 3 is 2.00 bits per heavy atom. The molecule has 0 spiro atoms. The van der Waals surface area contributed by atoms with E-state index in [0.29, 0.717) is 21.9 Å². The third kappa shape index (κ3) is 3.58. The lowest BCUT2D eigenvalue weighted by Gasteiger charge is -2.20. The number of aliphatic carboxylic acids is 1. The molecule has 0 saturated carbocycles. The van der Waals surface area contributed by atoms with Gasteiger partial charge in [0.25, 0.3) is 0 Å². The third-order valence-corrected chi connectivity index (χ3v) is 7.07. The first-order valence-electron chi connectivity index (χ1n) is 11.5. The Hall–Kier alpha value is -4.59. The van der Waals surface area contributed by atoms with Gasteiger partial charge in [-0.25, -0.2) is 0 Å². The number of benzene rings is 2. The van der Waals surface area contributed by atoms with Gasteiger partial charge in [-0.05, 0) is 35.6 Å². The topological polar surface area (TPSA) is 143 Å². The predicted octanol–water partition coefficient (Wildman–Crippen LogP) is 5.25. The van der Waals surface area contributed by atoms with E-state index in [4.69, 9.17) is 5.11 Å². The van der Waals surface area contributed by atoms with Crippen molar-refractivity contribution in [2.75, 3.05) is 0 Å². The van der Waals surface area contributed by atoms with Crippen LogP contribution in [0.3, 0.4) is 0 Å². The highest BCUT2D eigenvalue weighted by Crippen LogP contribution is 2.39. The highest BCUT2D eigenvalue weighted by atomic mass is 16.4. The second-order valence-electron chi connectivity index (χ2n) is 9.22. The van der Waals surface area contributed by atoms with E-state index in [9.17, 15) is 24.6 Å². The molecule has 5 rings (SSSR count). The van der Waals surface area contributed by atoms with Crippen molar-refractivity contribution in [1.29, 1.82) is 0 Å². The summed E-state index contributed by atoms with van der Waals surface area (Å²) in [5.41, 5.74) is 2.31. The standard InChI is InChI=1S/C28H24N2O6/c1-13(9-22(31)32)14(2)15-7-8-21-17(10-15)19(12-30-21)24-27(35)25(33)23(26(34)28(24)36)18-11-29-20-6-4-3-5-16(18)20/h3-8,10-14,29-30,33,36H,9H2,1-2H3,(H,31,32). The summed E-state index contributed by atoms with van der Waals surface area (Å²) in [5.74, 6) is -4.29. The van der Waals surface area contributed by atoms with E-state index in [1.54, 1.807) is 24.3 Å². The van der Waals surface area contributed by atoms with Crippen molar-refractivity contribution in [3.05, 3.63) is 83.1 Å². The molecule has 2 aromatic carbocycles. The summed E-state index contributed by atoms with van der Waals surface area (Å²) in [7, 11) is 0. The van der Waals surface area contributed by atoms with Gasteiger partial charge >= 0.3 is 5.97 Å². The number of hydrogen-bond donors (Lipinski definition) is 5. The number of hydrogen-bond acceptors (Lipinski definition) is 5. The first-order chi connectivity index (χ1) is 17.2. The molecule has 0 bridgehead atoms. The number of aliphatic hydroxyl groups excluding tert-OH is 2. The lowest BCUT2D eigenvalue weighted by molar-refractivity contribution is -0.138. The summed E-state index contributed by atoms with van der Waals surface area (Å²) < 4.78 is 0. The van der Waals surface area contributed by atoms with Gasteiger partial charge in [-0.2, -0.15) is 0 Å². The van der Waals surface area contributed by atoms with Gasteiger partial charge in [0.2, 0.25) is 11.6 Å². The molecule has 0 radical (unpaired) electrons. The Kier molecular flexibility index (Phi) is 5.51. The van der Waals surface area contributed by atoms with Crippen molar-refractivity contribution in [2.45, 2.75) is 26.2 Å². The monoisotopic (exact) mass is 484 g/mol. The van der Waals surface area contributed by atoms with Gasteiger partial charge in [0, 0.05) is 51.7 Å². The maximum absolute atomic E-state index is 13.3. The lowest BCUT2D eigenvalue weighted by Crippen LogP contribution is -2.22. The number of aromatic amines is 2. The first-order valence-corrected chi connectivity index (χ1v) is 11.5. The number of carboxylic acid groups (broad SMARTS) is 1. The van der Waals surface area contributed by atoms with Crippen LogP contribution >= 0.6 is 0 Å². The fourth-order valence-corrected chi connectivity index (χ4v) is 4.87. The average molecular weight is 485 g/mol. The Labute approximate surface area is 205 Å². The number of Topliss-reactive ketones (excluding diaryl/α,β-unsaturated/α-hetero) is 2. The molecule has 0 fully saturated rings. The molecule has 182 valence electrons. The van der Waals surface area contributed by atoms with E-state index in [0.717, 1.165) is 11.1 Å². The van der Waals surface area contributed by atoms with Crippen LogP contribution in [0.2, 0.25) is 0 Å². The zero-order chi connectivity index (χ0) is 25.7. The van der Waals surface area contributed by atoms with Gasteiger partial charge in [-0.15, -0.1) is 0 Å². The van der Waals surface area contributed by atoms with Gasteiger partial charge in [-0.1, -0.05) is 38.1 Å². The smallest absolute Gasteiger partial charge is 0.303 e. The van der Waals surface area contributed by atoms with Crippen LogP contribution in [0, 0.1) is 5.92 Å². The molecule has 0 amide bonds. The first kappa shape index (κ1) is 23.2. The number of aromatic nitrogens is 2. The van der Waals surface area contributed by atoms with Crippen molar-refractivity contribution in [3.63, 3.8) is 0 Å². The molecule has 5 N–H and O–H groups in total. The minimum atomic E-state index is -0.882. The number of ketones is 2. The minimum absolute atomic E-state index is 0.00735. The van der Waals surface area contributed by atoms with Crippen molar-refractivity contribution in [2.24, 2.45) is 5.92 Å². The molecule has 8 heteroatoms. The van der Waals surface area contributed by atoms with Crippen molar-refractivity contribution in [3.8, 4) is 0 Å². The Bertz CT molecular complexity index is 1630. The van der Waals surface area contributed by atoms with Crippen LogP contribution in [0.4, 0.5) is 0 Å². The number of carbonyl (C=O) groups is 3. The van der Waals surface area contributed by atoms with Gasteiger partial charge in [0.15, 0.2) is 11.5 Å². The molecule has 2 heterocycles. The maximum atomic E-state index is 13.3. The van der Waals surface area contributed by atoms with E-state index >= 15 is 0 Å². The van der Waals surface area contributed by atoms with Crippen LogP contribution < -0.4 is 0 Å². The molecule has 4 aromatic rings. The number of rotatable bonds is 6. The third-order valence-electron chi connectivity index (χ3n) is 7.07. The second-order valence-corrected chi connectivity index (χ2v) is 9.22. The van der Waals surface area contributed by atoms with E-state index in [1.807, 2.05) is 32.0 Å². The van der Waals surface area contributed by atoms with E-state index in [-0.39, 0.29) is 35.0 Å². The molecule has 36 heavy (non-hydrogen) atoms. The minimum Gasteiger partial charge on any atom is -0.504 e. The molecule has 2 atom stereocenters. The fraction of sp³-hybridized carbons (Fsp3) is 0.179. The molecule has 1 aliphatic carbocycles. The number of fused-ring (bicyclic) bond motifs is 2. The summed E-state index contributed by atoms with van der Waals surface area (Å²) in [6, 6.07) is 12.6. The van der Waals surface area contributed by atoms with Crippen LogP contribution in [0.5, 0.6) is 0 Å². The summed E-state index contributed by atoms with van der Waals surface area (Å²) >= 11 is 0. The highest BCUT2D eigenvalue weighted by Gasteiger charge is 2.38. The van der Waals surface area contributed by atoms with Gasteiger partial charge < -0.3 is 25.3 Å². The van der Waals surface area contributed by atoms with Gasteiger partial charge in [-0.3, -0.25) is 14.4 Å². The molecular formula is C28H24N2O6. The number of aliphatic hydroxyl groups is 2. The predicted molar refractivity (Wildman–Crippen MR) is 136 cm³/mol. The van der Waals surface area contributed by atoms with Crippen LogP contribution in [-0.2, 0) is 14.4 Å². The number of carbonyl (C=O) groups excluding carboxylic acids is 2. The average Bonchev–Trinajstić information content (AvgIpc) is 3.47. The Morgan fingerprint density at radius 1 is 0.833 bits per heavy atom.